The molecule has 0 heterocycles. The van der Waals surface area contributed by atoms with Crippen molar-refractivity contribution in [3.05, 3.63) is 0 Å². The molecule has 1 amide bonds. The van der Waals surface area contributed by atoms with Gasteiger partial charge in [0.25, 0.3) is 0 Å². The second-order valence-corrected chi connectivity index (χ2v) is 4.96. The summed E-state index contributed by atoms with van der Waals surface area (Å²) in [5.74, 6) is 2.49. The predicted molar refractivity (Wildman–Crippen MR) is 65.9 cm³/mol. The van der Waals surface area contributed by atoms with Crippen LogP contribution in [0.4, 0.5) is 0 Å². The van der Waals surface area contributed by atoms with Crippen LogP contribution in [0.1, 0.15) is 39.0 Å². The van der Waals surface area contributed by atoms with Crippen molar-refractivity contribution in [2.75, 3.05) is 19.6 Å². The smallest absolute Gasteiger partial charge is 0.234 e. The molecule has 2 N–H and O–H groups in total. The summed E-state index contributed by atoms with van der Waals surface area (Å²) in [5.41, 5.74) is 0.306. The molecule has 0 spiro atoms. The van der Waals surface area contributed by atoms with Gasteiger partial charge in [-0.3, -0.25) is 10.1 Å². The summed E-state index contributed by atoms with van der Waals surface area (Å²) in [7, 11) is 0. The van der Waals surface area contributed by atoms with E-state index in [-0.39, 0.29) is 5.91 Å². The van der Waals surface area contributed by atoms with E-state index < -0.39 is 0 Å². The summed E-state index contributed by atoms with van der Waals surface area (Å²) in [6, 6.07) is 0. The van der Waals surface area contributed by atoms with Gasteiger partial charge in [0.2, 0.25) is 5.91 Å². The summed E-state index contributed by atoms with van der Waals surface area (Å²) < 4.78 is 0. The van der Waals surface area contributed by atoms with Crippen LogP contribution in [0.25, 0.3) is 0 Å². The van der Waals surface area contributed by atoms with Gasteiger partial charge in [-0.1, -0.05) is 32.1 Å². The van der Waals surface area contributed by atoms with Crippen LogP contribution in [0.2, 0.25) is 0 Å². The van der Waals surface area contributed by atoms with Crippen molar-refractivity contribution in [1.29, 1.82) is 0 Å². The minimum absolute atomic E-state index is 0.0436. The number of hydrogen-bond acceptors (Lipinski definition) is 2. The molecule has 1 aliphatic carbocycles. The van der Waals surface area contributed by atoms with Crippen molar-refractivity contribution < 1.29 is 4.79 Å². The number of amides is 1. The lowest BCUT2D eigenvalue weighted by molar-refractivity contribution is -0.120. The first kappa shape index (κ1) is 13.1. The van der Waals surface area contributed by atoms with Crippen LogP contribution in [-0.4, -0.2) is 25.5 Å². The molecule has 0 aromatic carbocycles. The third-order valence-electron chi connectivity index (χ3n) is 3.29. The average Bonchev–Trinajstić information content (AvgIpc) is 2.28. The van der Waals surface area contributed by atoms with Gasteiger partial charge in [-0.05, 0) is 18.3 Å². The van der Waals surface area contributed by atoms with Crippen LogP contribution >= 0.6 is 0 Å². The Kier molecular flexibility index (Phi) is 5.34. The number of carbonyl (C=O) groups is 1. The summed E-state index contributed by atoms with van der Waals surface area (Å²) in [4.78, 5) is 11.5. The van der Waals surface area contributed by atoms with Gasteiger partial charge in [-0.15, -0.1) is 6.42 Å². The topological polar surface area (TPSA) is 41.1 Å². The first-order valence-electron chi connectivity index (χ1n) is 6.07. The Balaban J connectivity index is 2.17. The lowest BCUT2D eigenvalue weighted by Gasteiger charge is -2.33. The Bertz CT molecular complexity index is 262. The Morgan fingerprint density at radius 1 is 1.38 bits per heavy atom. The Hall–Kier alpha value is -1.01. The highest BCUT2D eigenvalue weighted by atomic mass is 16.1. The Morgan fingerprint density at radius 2 is 2.06 bits per heavy atom. The summed E-state index contributed by atoms with van der Waals surface area (Å²) in [6.45, 7) is 3.83. The number of carbonyl (C=O) groups excluding carboxylic acids is 1. The van der Waals surface area contributed by atoms with Crippen LogP contribution in [0.5, 0.6) is 0 Å². The second-order valence-electron chi connectivity index (χ2n) is 4.96. The van der Waals surface area contributed by atoms with Crippen molar-refractivity contribution in [2.45, 2.75) is 39.0 Å². The summed E-state index contributed by atoms with van der Waals surface area (Å²) >= 11 is 0. The lowest BCUT2D eigenvalue weighted by Crippen LogP contribution is -2.41. The Morgan fingerprint density at radius 3 is 2.69 bits per heavy atom. The molecule has 0 aromatic heterocycles. The van der Waals surface area contributed by atoms with Crippen molar-refractivity contribution in [2.24, 2.45) is 5.41 Å². The summed E-state index contributed by atoms with van der Waals surface area (Å²) in [5, 5.41) is 5.87. The fraction of sp³-hybridized carbons (Fsp3) is 0.769. The molecule has 1 aliphatic rings. The molecular weight excluding hydrogens is 200 g/mol. The molecule has 90 valence electrons. The fourth-order valence-corrected chi connectivity index (χ4v) is 2.20. The van der Waals surface area contributed by atoms with E-state index in [0.29, 0.717) is 18.5 Å². The van der Waals surface area contributed by atoms with E-state index in [1.807, 2.05) is 0 Å². The quantitative estimate of drug-likeness (QED) is 0.544. The minimum atomic E-state index is 0.0436. The molecule has 0 atom stereocenters. The van der Waals surface area contributed by atoms with E-state index in [4.69, 9.17) is 6.42 Å². The highest BCUT2D eigenvalue weighted by Crippen LogP contribution is 2.34. The summed E-state index contributed by atoms with van der Waals surface area (Å²) in [6.07, 6.45) is 11.5. The fourth-order valence-electron chi connectivity index (χ4n) is 2.20. The molecule has 0 unspecified atom stereocenters. The van der Waals surface area contributed by atoms with E-state index in [1.165, 1.54) is 32.1 Å². The van der Waals surface area contributed by atoms with E-state index in [9.17, 15) is 4.79 Å². The highest BCUT2D eigenvalue weighted by molar-refractivity contribution is 5.78. The zero-order chi connectivity index (χ0) is 11.9. The van der Waals surface area contributed by atoms with Crippen LogP contribution in [-0.2, 0) is 4.79 Å². The van der Waals surface area contributed by atoms with Crippen molar-refractivity contribution in [3.63, 3.8) is 0 Å². The molecule has 0 aromatic rings. The monoisotopic (exact) mass is 222 g/mol. The first-order chi connectivity index (χ1) is 7.66. The number of nitrogens with one attached hydrogen (secondary N) is 2. The molecule has 1 rings (SSSR count). The number of terminal acetylenes is 1. The Labute approximate surface area is 98.4 Å². The van der Waals surface area contributed by atoms with E-state index >= 15 is 0 Å². The van der Waals surface area contributed by atoms with Gasteiger partial charge in [-0.2, -0.15) is 0 Å². The van der Waals surface area contributed by atoms with E-state index in [2.05, 4.69) is 23.5 Å². The van der Waals surface area contributed by atoms with Gasteiger partial charge < -0.3 is 5.32 Å². The van der Waals surface area contributed by atoms with E-state index in [0.717, 1.165) is 6.54 Å². The first-order valence-corrected chi connectivity index (χ1v) is 6.07. The molecule has 1 saturated carbocycles. The molecule has 0 radical (unpaired) electrons. The average molecular weight is 222 g/mol. The standard InChI is InChI=1S/C13H22N2O/c1-3-9-14-10-12(16)15-11-13(2)7-5-4-6-8-13/h1,14H,4-11H2,2H3,(H,15,16). The van der Waals surface area contributed by atoms with Crippen LogP contribution in [0, 0.1) is 17.8 Å². The SMILES string of the molecule is C#CCNCC(=O)NCC1(C)CCCCC1. The predicted octanol–water partition coefficient (Wildman–Crippen LogP) is 1.30. The van der Waals surface area contributed by atoms with Crippen molar-refractivity contribution in [3.8, 4) is 12.3 Å². The maximum Gasteiger partial charge on any atom is 0.234 e. The van der Waals surface area contributed by atoms with Gasteiger partial charge in [0.05, 0.1) is 13.1 Å². The maximum absolute atomic E-state index is 11.5. The largest absolute Gasteiger partial charge is 0.354 e. The van der Waals surface area contributed by atoms with Crippen LogP contribution < -0.4 is 10.6 Å². The minimum Gasteiger partial charge on any atom is -0.354 e. The zero-order valence-corrected chi connectivity index (χ0v) is 10.1. The molecule has 3 nitrogen and oxygen atoms in total. The molecular formula is C13H22N2O. The number of rotatable bonds is 5. The molecule has 16 heavy (non-hydrogen) atoms. The van der Waals surface area contributed by atoms with Gasteiger partial charge in [-0.25, -0.2) is 0 Å². The van der Waals surface area contributed by atoms with Crippen molar-refractivity contribution in [1.82, 2.24) is 10.6 Å². The molecule has 0 bridgehead atoms. The second kappa shape index (κ2) is 6.55. The van der Waals surface area contributed by atoms with Gasteiger partial charge in [0.15, 0.2) is 0 Å². The maximum atomic E-state index is 11.5. The van der Waals surface area contributed by atoms with E-state index in [1.54, 1.807) is 0 Å². The van der Waals surface area contributed by atoms with Gasteiger partial charge in [0, 0.05) is 6.54 Å². The van der Waals surface area contributed by atoms with Crippen LogP contribution in [0.3, 0.4) is 0 Å². The number of hydrogen-bond donors (Lipinski definition) is 2. The van der Waals surface area contributed by atoms with Gasteiger partial charge in [0.1, 0.15) is 0 Å². The normalized spacial score (nSPS) is 18.8. The lowest BCUT2D eigenvalue weighted by atomic mass is 9.76. The molecule has 0 aliphatic heterocycles. The highest BCUT2D eigenvalue weighted by Gasteiger charge is 2.26. The third kappa shape index (κ3) is 4.67. The van der Waals surface area contributed by atoms with Crippen molar-refractivity contribution >= 4 is 5.91 Å². The third-order valence-corrected chi connectivity index (χ3v) is 3.29. The molecule has 0 saturated heterocycles. The zero-order valence-electron chi connectivity index (χ0n) is 10.1. The van der Waals surface area contributed by atoms with Gasteiger partial charge >= 0.3 is 0 Å². The molecule has 3 heteroatoms. The molecule has 1 fully saturated rings. The van der Waals surface area contributed by atoms with Crippen LogP contribution in [0.15, 0.2) is 0 Å².